The van der Waals surface area contributed by atoms with Crippen molar-refractivity contribution in [1.82, 2.24) is 19.6 Å². The van der Waals surface area contributed by atoms with E-state index >= 15 is 0 Å². The van der Waals surface area contributed by atoms with Crippen LogP contribution in [0.3, 0.4) is 0 Å². The van der Waals surface area contributed by atoms with Crippen LogP contribution in [0.25, 0.3) is 16.3 Å². The molecule has 0 unspecified atom stereocenters. The summed E-state index contributed by atoms with van der Waals surface area (Å²) in [6, 6.07) is 16.6. The van der Waals surface area contributed by atoms with Crippen molar-refractivity contribution in [2.45, 2.75) is 19.4 Å². The predicted molar refractivity (Wildman–Crippen MR) is 124 cm³/mol. The molecule has 1 aliphatic rings. The molecule has 1 aliphatic heterocycles. The summed E-state index contributed by atoms with van der Waals surface area (Å²) in [7, 11) is -3.08. The molecule has 4 heterocycles. The number of hydrogen-bond donors (Lipinski definition) is 1. The lowest BCUT2D eigenvalue weighted by atomic mass is 10.2. The third kappa shape index (κ3) is 3.98. The number of para-hydroxylation sites is 1. The lowest BCUT2D eigenvalue weighted by molar-refractivity contribution is 0.101. The highest BCUT2D eigenvalue weighted by Gasteiger charge is 2.31. The molecule has 32 heavy (non-hydrogen) atoms. The molecule has 1 fully saturated rings. The Morgan fingerprint density at radius 3 is 2.62 bits per heavy atom. The second-order valence-electron chi connectivity index (χ2n) is 7.77. The average Bonchev–Trinajstić information content (AvgIpc) is 3.54. The Morgan fingerprint density at radius 2 is 1.94 bits per heavy atom. The van der Waals surface area contributed by atoms with Crippen molar-refractivity contribution >= 4 is 32.9 Å². The van der Waals surface area contributed by atoms with E-state index in [-0.39, 0.29) is 23.5 Å². The van der Waals surface area contributed by atoms with Gasteiger partial charge >= 0.3 is 0 Å². The number of rotatable bonds is 5. The molecule has 8 nitrogen and oxygen atoms in total. The number of carbonyl (C=O) groups excluding carboxylic acids is 1. The fraction of sp³-hybridized carbons (Fsp3) is 0.227. The minimum absolute atomic E-state index is 0.0292. The van der Waals surface area contributed by atoms with Gasteiger partial charge in [-0.1, -0.05) is 24.3 Å². The van der Waals surface area contributed by atoms with Crippen LogP contribution in [0.15, 0.2) is 60.0 Å². The van der Waals surface area contributed by atoms with Crippen molar-refractivity contribution < 1.29 is 13.2 Å². The molecule has 1 amide bonds. The molecule has 0 aliphatic carbocycles. The third-order valence-corrected chi connectivity index (χ3v) is 8.01. The first-order chi connectivity index (χ1) is 15.4. The Morgan fingerprint density at radius 1 is 1.12 bits per heavy atom. The van der Waals surface area contributed by atoms with Gasteiger partial charge in [0.15, 0.2) is 9.84 Å². The Kier molecular flexibility index (Phi) is 5.18. The van der Waals surface area contributed by atoms with Gasteiger partial charge in [-0.05, 0) is 43.0 Å². The summed E-state index contributed by atoms with van der Waals surface area (Å²) < 4.78 is 27.2. The van der Waals surface area contributed by atoms with Crippen LogP contribution in [0.1, 0.15) is 28.6 Å². The molecule has 3 aromatic heterocycles. The van der Waals surface area contributed by atoms with E-state index in [0.29, 0.717) is 29.3 Å². The first kappa shape index (κ1) is 20.7. The second kappa shape index (κ2) is 8.03. The van der Waals surface area contributed by atoms with E-state index in [1.807, 2.05) is 54.8 Å². The van der Waals surface area contributed by atoms with Crippen LogP contribution in [0.5, 0.6) is 0 Å². The number of benzene rings is 1. The third-order valence-electron chi connectivity index (χ3n) is 5.37. The average molecular weight is 468 g/mol. The van der Waals surface area contributed by atoms with Crippen LogP contribution < -0.4 is 5.32 Å². The molecule has 0 bridgehead atoms. The normalized spacial score (nSPS) is 17.5. The van der Waals surface area contributed by atoms with Gasteiger partial charge in [0.1, 0.15) is 17.2 Å². The van der Waals surface area contributed by atoms with Gasteiger partial charge in [-0.3, -0.25) is 4.79 Å². The first-order valence-electron chi connectivity index (χ1n) is 10.2. The van der Waals surface area contributed by atoms with Gasteiger partial charge < -0.3 is 5.32 Å². The molecule has 1 atom stereocenters. The molecule has 4 aromatic rings. The lowest BCUT2D eigenvalue weighted by Gasteiger charge is -2.14. The molecule has 0 spiro atoms. The molecule has 164 valence electrons. The van der Waals surface area contributed by atoms with Gasteiger partial charge in [-0.15, -0.1) is 11.3 Å². The number of nitrogens with zero attached hydrogens (tertiary/aromatic N) is 4. The lowest BCUT2D eigenvalue weighted by Crippen LogP contribution is -2.21. The zero-order valence-electron chi connectivity index (χ0n) is 17.3. The van der Waals surface area contributed by atoms with E-state index in [0.717, 1.165) is 10.6 Å². The SMILES string of the molecule is Cc1cc(NC(=O)c2cc(-c3cccs3)nn2-c2ccccc2)n([C@H]2CCS(=O)(=O)C2)n1. The van der Waals surface area contributed by atoms with Crippen molar-refractivity contribution in [3.8, 4) is 16.3 Å². The maximum absolute atomic E-state index is 13.4. The highest BCUT2D eigenvalue weighted by molar-refractivity contribution is 7.91. The Hall–Kier alpha value is -3.24. The van der Waals surface area contributed by atoms with E-state index in [2.05, 4.69) is 15.5 Å². The zero-order chi connectivity index (χ0) is 22.3. The molecule has 1 saturated heterocycles. The van der Waals surface area contributed by atoms with Crippen LogP contribution >= 0.6 is 11.3 Å². The zero-order valence-corrected chi connectivity index (χ0v) is 18.9. The summed E-state index contributed by atoms with van der Waals surface area (Å²) in [6.07, 6.45) is 0.483. The van der Waals surface area contributed by atoms with Gasteiger partial charge in [-0.25, -0.2) is 17.8 Å². The maximum Gasteiger partial charge on any atom is 0.275 e. The number of thiophene rings is 1. The minimum Gasteiger partial charge on any atom is -0.305 e. The number of hydrogen-bond acceptors (Lipinski definition) is 6. The van der Waals surface area contributed by atoms with Gasteiger partial charge in [-0.2, -0.15) is 10.2 Å². The Bertz CT molecular complexity index is 1370. The molecule has 0 saturated carbocycles. The van der Waals surface area contributed by atoms with Crippen molar-refractivity contribution in [3.05, 3.63) is 71.4 Å². The van der Waals surface area contributed by atoms with E-state index in [9.17, 15) is 13.2 Å². The van der Waals surface area contributed by atoms with Gasteiger partial charge in [0.25, 0.3) is 5.91 Å². The first-order valence-corrected chi connectivity index (χ1v) is 12.9. The van der Waals surface area contributed by atoms with Crippen LogP contribution in [0.4, 0.5) is 5.82 Å². The standard InChI is InChI=1S/C22H21N5O3S2/c1-15-12-21(27(24-15)17-9-11-32(29,30)14-17)23-22(28)19-13-18(20-8-5-10-31-20)25-26(19)16-6-3-2-4-7-16/h2-8,10,12-13,17H,9,11,14H2,1H3,(H,23,28)/t17-/m0/s1. The molecule has 5 rings (SSSR count). The van der Waals surface area contributed by atoms with Crippen LogP contribution in [-0.2, 0) is 9.84 Å². The maximum atomic E-state index is 13.4. The van der Waals surface area contributed by atoms with E-state index in [4.69, 9.17) is 0 Å². The molecule has 1 aromatic carbocycles. The second-order valence-corrected chi connectivity index (χ2v) is 10.9. The summed E-state index contributed by atoms with van der Waals surface area (Å²) >= 11 is 1.55. The molecular formula is C22H21N5O3S2. The summed E-state index contributed by atoms with van der Waals surface area (Å²) in [6.45, 7) is 1.82. The smallest absolute Gasteiger partial charge is 0.275 e. The number of anilines is 1. The van der Waals surface area contributed by atoms with Crippen molar-refractivity contribution in [2.75, 3.05) is 16.8 Å². The topological polar surface area (TPSA) is 98.9 Å². The van der Waals surface area contributed by atoms with Gasteiger partial charge in [0.05, 0.1) is 33.8 Å². The molecule has 0 radical (unpaired) electrons. The number of sulfone groups is 1. The monoisotopic (exact) mass is 467 g/mol. The molecule has 1 N–H and O–H groups in total. The highest BCUT2D eigenvalue weighted by Crippen LogP contribution is 2.29. The van der Waals surface area contributed by atoms with Crippen molar-refractivity contribution in [2.24, 2.45) is 0 Å². The van der Waals surface area contributed by atoms with Crippen molar-refractivity contribution in [3.63, 3.8) is 0 Å². The summed E-state index contributed by atoms with van der Waals surface area (Å²) in [4.78, 5) is 14.3. The predicted octanol–water partition coefficient (Wildman–Crippen LogP) is 3.72. The fourth-order valence-corrected chi connectivity index (χ4v) is 6.26. The molecular weight excluding hydrogens is 446 g/mol. The van der Waals surface area contributed by atoms with Crippen LogP contribution in [0.2, 0.25) is 0 Å². The highest BCUT2D eigenvalue weighted by atomic mass is 32.2. The largest absolute Gasteiger partial charge is 0.305 e. The van der Waals surface area contributed by atoms with Gasteiger partial charge in [0, 0.05) is 6.07 Å². The van der Waals surface area contributed by atoms with Crippen LogP contribution in [-0.4, -0.2) is 45.4 Å². The molecule has 10 heteroatoms. The summed E-state index contributed by atoms with van der Waals surface area (Å²) in [5.74, 6) is 0.301. The van der Waals surface area contributed by atoms with E-state index in [1.165, 1.54) is 0 Å². The Balaban J connectivity index is 1.50. The Labute approximate surface area is 189 Å². The summed E-state index contributed by atoms with van der Waals surface area (Å²) in [5.41, 5.74) is 2.57. The number of aryl methyl sites for hydroxylation is 1. The number of nitrogens with one attached hydrogen (secondary N) is 1. The number of aromatic nitrogens is 4. The number of amides is 1. The van der Waals surface area contributed by atoms with E-state index in [1.54, 1.807) is 32.8 Å². The van der Waals surface area contributed by atoms with Crippen LogP contribution in [0, 0.1) is 6.92 Å². The van der Waals surface area contributed by atoms with Gasteiger partial charge in [0.2, 0.25) is 0 Å². The summed E-state index contributed by atoms with van der Waals surface area (Å²) in [5, 5.41) is 14.0. The quantitative estimate of drug-likeness (QED) is 0.482. The fourth-order valence-electron chi connectivity index (χ4n) is 3.89. The number of carbonyl (C=O) groups is 1. The van der Waals surface area contributed by atoms with Crippen molar-refractivity contribution in [1.29, 1.82) is 0 Å². The van der Waals surface area contributed by atoms with E-state index < -0.39 is 9.84 Å². The minimum atomic E-state index is -3.08.